The highest BCUT2D eigenvalue weighted by Crippen LogP contribution is 2.40. The quantitative estimate of drug-likeness (QED) is 0.0842. The third-order valence-electron chi connectivity index (χ3n) is 14.9. The molecule has 380 valence electrons. The molecular weight excluding hydrogens is 925 g/mol. The van der Waals surface area contributed by atoms with E-state index in [1.807, 2.05) is 61.4 Å². The van der Waals surface area contributed by atoms with Gasteiger partial charge in [-0.15, -0.1) is 0 Å². The van der Waals surface area contributed by atoms with E-state index in [0.717, 1.165) is 105 Å². The fraction of sp³-hybridized carbons (Fsp3) is 0.444. The summed E-state index contributed by atoms with van der Waals surface area (Å²) in [6.07, 6.45) is 20.4. The van der Waals surface area contributed by atoms with Crippen molar-refractivity contribution in [2.45, 2.75) is 129 Å². The first-order valence-corrected chi connectivity index (χ1v) is 25.7. The molecule has 1 amide bonds. The highest BCUT2D eigenvalue weighted by Gasteiger charge is 2.28. The molecule has 6 N–H and O–H groups in total. The van der Waals surface area contributed by atoms with E-state index in [9.17, 15) is 14.7 Å². The molecule has 2 fully saturated rings. The number of rotatable bonds is 8. The minimum Gasteiger partial charge on any atom is -0.479 e. The summed E-state index contributed by atoms with van der Waals surface area (Å²) in [6.45, 7) is 10.3. The van der Waals surface area contributed by atoms with Crippen molar-refractivity contribution in [3.05, 3.63) is 96.1 Å². The SMILES string of the molecule is CC1CCC(n2c3cnccc3c3cnc(Nc4ccc5c(n4)CCN(C(=O)[C@H](C)O)C5)nc32)CC1.CC1CCC(n2c3cnccc3c3cnc(Nc4ccc5c(n4)CCNC5)nc32)CC1.C[C@H](O)C(=O)O. The minimum absolute atomic E-state index is 0.248. The average Bonchev–Trinajstić information content (AvgIpc) is 3.91. The van der Waals surface area contributed by atoms with Crippen LogP contribution in [0.2, 0.25) is 0 Å². The van der Waals surface area contributed by atoms with E-state index in [-0.39, 0.29) is 5.91 Å². The first-order valence-electron chi connectivity index (χ1n) is 25.7. The number of aliphatic carboxylic acids is 1. The number of carboxylic acids is 1. The number of aromatic nitrogens is 10. The van der Waals surface area contributed by atoms with Gasteiger partial charge >= 0.3 is 5.97 Å². The van der Waals surface area contributed by atoms with Crippen molar-refractivity contribution in [3.8, 4) is 0 Å². The molecule has 12 rings (SSSR count). The summed E-state index contributed by atoms with van der Waals surface area (Å²) >= 11 is 0. The molecule has 0 radical (unpaired) electrons. The topological polar surface area (TPSA) is 247 Å². The van der Waals surface area contributed by atoms with Crippen molar-refractivity contribution in [2.24, 2.45) is 11.8 Å². The Morgan fingerprint density at radius 1 is 0.630 bits per heavy atom. The number of nitrogens with one attached hydrogen (secondary N) is 3. The lowest BCUT2D eigenvalue weighted by Gasteiger charge is -2.29. The van der Waals surface area contributed by atoms with Crippen LogP contribution in [0.25, 0.3) is 43.9 Å². The molecule has 0 saturated heterocycles. The highest BCUT2D eigenvalue weighted by molar-refractivity contribution is 6.07. The van der Waals surface area contributed by atoms with Gasteiger partial charge in [0, 0.05) is 109 Å². The van der Waals surface area contributed by atoms with Crippen LogP contribution in [0, 0.1) is 11.8 Å². The summed E-state index contributed by atoms with van der Waals surface area (Å²) < 4.78 is 4.77. The minimum atomic E-state index is -1.23. The molecule has 2 aliphatic heterocycles. The fourth-order valence-corrected chi connectivity index (χ4v) is 10.8. The molecule has 73 heavy (non-hydrogen) atoms. The van der Waals surface area contributed by atoms with E-state index in [1.165, 1.54) is 63.3 Å². The lowest BCUT2D eigenvalue weighted by atomic mass is 9.87. The molecule has 10 heterocycles. The summed E-state index contributed by atoms with van der Waals surface area (Å²) in [5, 5.41) is 39.9. The van der Waals surface area contributed by atoms with Crippen LogP contribution < -0.4 is 16.0 Å². The molecule has 2 atom stereocenters. The maximum absolute atomic E-state index is 12.2. The number of amides is 1. The Morgan fingerprint density at radius 2 is 1.12 bits per heavy atom. The van der Waals surface area contributed by atoms with Gasteiger partial charge in [0.25, 0.3) is 5.91 Å². The molecule has 19 nitrogen and oxygen atoms in total. The van der Waals surface area contributed by atoms with Crippen LogP contribution in [0.15, 0.2) is 73.6 Å². The molecule has 2 saturated carbocycles. The van der Waals surface area contributed by atoms with Crippen molar-refractivity contribution in [3.63, 3.8) is 0 Å². The van der Waals surface area contributed by atoms with Gasteiger partial charge in [-0.25, -0.2) is 24.7 Å². The van der Waals surface area contributed by atoms with Gasteiger partial charge in [-0.3, -0.25) is 14.8 Å². The Balaban J connectivity index is 0.000000152. The number of carbonyl (C=O) groups is 2. The number of hydrogen-bond donors (Lipinski definition) is 6. The van der Waals surface area contributed by atoms with Crippen LogP contribution in [0.3, 0.4) is 0 Å². The first-order chi connectivity index (χ1) is 35.4. The zero-order chi connectivity index (χ0) is 50.8. The Kier molecular flexibility index (Phi) is 14.5. The van der Waals surface area contributed by atoms with E-state index >= 15 is 0 Å². The van der Waals surface area contributed by atoms with Crippen LogP contribution in [0.5, 0.6) is 0 Å². The summed E-state index contributed by atoms with van der Waals surface area (Å²) in [6, 6.07) is 13.0. The van der Waals surface area contributed by atoms with Gasteiger partial charge in [0.05, 0.1) is 23.4 Å². The zero-order valence-corrected chi connectivity index (χ0v) is 41.9. The van der Waals surface area contributed by atoms with E-state index in [4.69, 9.17) is 30.1 Å². The number of hydrogen-bond acceptors (Lipinski definition) is 15. The van der Waals surface area contributed by atoms with Crippen molar-refractivity contribution in [2.75, 3.05) is 23.7 Å². The summed E-state index contributed by atoms with van der Waals surface area (Å²) in [7, 11) is 0. The predicted octanol–water partition coefficient (Wildman–Crippen LogP) is 8.10. The third-order valence-corrected chi connectivity index (χ3v) is 14.9. The monoisotopic (exact) mass is 989 g/mol. The fourth-order valence-electron chi connectivity index (χ4n) is 10.8. The highest BCUT2D eigenvalue weighted by atomic mass is 16.4. The second-order valence-electron chi connectivity index (χ2n) is 20.2. The third kappa shape index (κ3) is 10.7. The summed E-state index contributed by atoms with van der Waals surface area (Å²) in [4.78, 5) is 60.9. The molecule has 2 aliphatic carbocycles. The molecule has 8 aromatic rings. The van der Waals surface area contributed by atoms with Gasteiger partial charge in [0.1, 0.15) is 35.1 Å². The van der Waals surface area contributed by atoms with E-state index in [2.05, 4.69) is 71.0 Å². The van der Waals surface area contributed by atoms with Gasteiger partial charge in [-0.05, 0) is 112 Å². The van der Waals surface area contributed by atoms with E-state index in [1.54, 1.807) is 4.90 Å². The van der Waals surface area contributed by atoms with Gasteiger partial charge < -0.3 is 45.3 Å². The first kappa shape index (κ1) is 49.4. The van der Waals surface area contributed by atoms with Crippen LogP contribution in [0.4, 0.5) is 23.5 Å². The number of aliphatic hydroxyl groups excluding tert-OH is 2. The van der Waals surface area contributed by atoms with Gasteiger partial charge in [-0.1, -0.05) is 26.0 Å². The van der Waals surface area contributed by atoms with E-state index in [0.29, 0.717) is 49.3 Å². The zero-order valence-electron chi connectivity index (χ0n) is 41.9. The maximum atomic E-state index is 12.2. The second-order valence-corrected chi connectivity index (χ2v) is 20.2. The molecule has 0 bridgehead atoms. The molecular formula is C54H64N14O5. The molecule has 0 spiro atoms. The van der Waals surface area contributed by atoms with Crippen LogP contribution >= 0.6 is 0 Å². The van der Waals surface area contributed by atoms with Crippen molar-refractivity contribution < 1.29 is 24.9 Å². The second kappa shape index (κ2) is 21.5. The molecule has 8 aromatic heterocycles. The summed E-state index contributed by atoms with van der Waals surface area (Å²) in [5.74, 6) is 2.73. The van der Waals surface area contributed by atoms with Crippen molar-refractivity contribution in [1.82, 2.24) is 59.2 Å². The normalized spacial score (nSPS) is 20.5. The standard InChI is InChI=1S/C27H31N7O2.C24H27N7.C3H6O3/c1-16-3-6-19(7-4-16)34-23-14-28-11-9-20(23)21-13-29-27(32-25(21)34)31-24-8-5-18-15-33(26(36)17(2)35)12-10-22(18)30-24;1-15-2-5-17(6-3-15)31-21-14-26-10-8-18(21)19-13-27-24(30-23(19)31)29-22-7-4-16-12-25-11-9-20(16)28-22;1-2(4)3(5)6/h5,8-9,11,13-14,16-17,19,35H,3-4,6-7,10,12,15H2,1-2H3,(H,29,30,31,32);4,7-8,10,13-15,17,25H,2-3,5-6,9,11-12H2,1H3,(H,27,28,29,30);2,4H,1H3,(H,5,6)/t16?,17-,19?;;2-/m0.0/s1. The lowest BCUT2D eigenvalue weighted by molar-refractivity contribution is -0.145. The van der Waals surface area contributed by atoms with Crippen molar-refractivity contribution >= 4 is 79.3 Å². The van der Waals surface area contributed by atoms with Crippen LogP contribution in [0.1, 0.15) is 114 Å². The number of carboxylic acid groups (broad SMARTS) is 1. The number of nitrogens with zero attached hydrogens (tertiary/aromatic N) is 11. The van der Waals surface area contributed by atoms with Gasteiger partial charge in [-0.2, -0.15) is 9.97 Å². The Labute approximate surface area is 423 Å². The van der Waals surface area contributed by atoms with Crippen LogP contribution in [-0.2, 0) is 35.5 Å². The largest absolute Gasteiger partial charge is 0.479 e. The molecule has 0 unspecified atom stereocenters. The number of aliphatic hydroxyl groups is 2. The maximum Gasteiger partial charge on any atom is 0.332 e. The average molecular weight is 989 g/mol. The number of pyridine rings is 4. The molecule has 4 aliphatic rings. The summed E-state index contributed by atoms with van der Waals surface area (Å²) in [5.41, 5.74) is 8.56. The Morgan fingerprint density at radius 3 is 1.62 bits per heavy atom. The smallest absolute Gasteiger partial charge is 0.332 e. The van der Waals surface area contributed by atoms with Gasteiger partial charge in [0.15, 0.2) is 0 Å². The van der Waals surface area contributed by atoms with E-state index < -0.39 is 18.2 Å². The van der Waals surface area contributed by atoms with Gasteiger partial charge in [0.2, 0.25) is 11.9 Å². The molecule has 19 heteroatoms. The lowest BCUT2D eigenvalue weighted by Crippen LogP contribution is -2.41. The Hall–Kier alpha value is -7.22. The number of anilines is 4. The number of carbonyl (C=O) groups excluding carboxylic acids is 1. The van der Waals surface area contributed by atoms with Crippen molar-refractivity contribution in [1.29, 1.82) is 0 Å². The predicted molar refractivity (Wildman–Crippen MR) is 280 cm³/mol. The Bertz CT molecular complexity index is 3280. The van der Waals surface area contributed by atoms with Crippen LogP contribution in [-0.4, -0.2) is 106 Å². The number of fused-ring (bicyclic) bond motifs is 8. The molecule has 0 aromatic carbocycles.